The van der Waals surface area contributed by atoms with E-state index in [0.717, 1.165) is 23.7 Å². The van der Waals surface area contributed by atoms with Crippen LogP contribution in [0.3, 0.4) is 0 Å². The van der Waals surface area contributed by atoms with Crippen LogP contribution in [0.2, 0.25) is 0 Å². The van der Waals surface area contributed by atoms with Crippen LogP contribution in [0.25, 0.3) is 6.08 Å². The highest BCUT2D eigenvalue weighted by Crippen LogP contribution is 2.33. The Morgan fingerprint density at radius 3 is 2.65 bits per heavy atom. The molecule has 2 aromatic heterocycles. The number of allylic oxidation sites excluding steroid dienone is 1. The number of thiophene rings is 1. The zero-order chi connectivity index (χ0) is 24.4. The van der Waals surface area contributed by atoms with Crippen LogP contribution < -0.4 is 19.8 Å². The van der Waals surface area contributed by atoms with Gasteiger partial charge < -0.3 is 14.7 Å². The van der Waals surface area contributed by atoms with Crippen molar-refractivity contribution in [2.45, 2.75) is 33.7 Å². The van der Waals surface area contributed by atoms with Gasteiger partial charge >= 0.3 is 5.97 Å². The first kappa shape index (κ1) is 24.0. The molecule has 0 spiro atoms. The number of phenols is 1. The number of benzene rings is 1. The second-order valence-electron chi connectivity index (χ2n) is 7.73. The topological polar surface area (TPSA) is 84.1 Å². The summed E-state index contributed by atoms with van der Waals surface area (Å²) >= 11 is 2.72. The zero-order valence-electron chi connectivity index (χ0n) is 19.6. The maximum absolute atomic E-state index is 13.6. The third kappa shape index (κ3) is 4.33. The summed E-state index contributed by atoms with van der Waals surface area (Å²) in [6.45, 7) is 9.54. The van der Waals surface area contributed by atoms with E-state index in [0.29, 0.717) is 26.2 Å². The van der Waals surface area contributed by atoms with Gasteiger partial charge in [-0.15, -0.1) is 11.3 Å². The Bertz CT molecular complexity index is 1410. The molecule has 1 atom stereocenters. The molecule has 4 rings (SSSR count). The van der Waals surface area contributed by atoms with Crippen LogP contribution in [0.15, 0.2) is 56.8 Å². The van der Waals surface area contributed by atoms with E-state index in [2.05, 4.69) is 23.7 Å². The number of anilines is 1. The van der Waals surface area contributed by atoms with Gasteiger partial charge in [0.2, 0.25) is 0 Å². The Hall–Kier alpha value is -3.17. The molecule has 1 aliphatic heterocycles. The van der Waals surface area contributed by atoms with Crippen molar-refractivity contribution in [3.8, 4) is 5.75 Å². The highest BCUT2D eigenvalue weighted by molar-refractivity contribution is 7.10. The summed E-state index contributed by atoms with van der Waals surface area (Å²) in [6.07, 6.45) is 1.68. The number of phenolic OH excluding ortho intramolecular Hbond substituents is 1. The van der Waals surface area contributed by atoms with Gasteiger partial charge in [-0.3, -0.25) is 9.36 Å². The first-order valence-electron chi connectivity index (χ1n) is 11.2. The second kappa shape index (κ2) is 9.99. The summed E-state index contributed by atoms with van der Waals surface area (Å²) < 4.78 is 7.29. The number of hydrogen-bond donors (Lipinski definition) is 1. The quantitative estimate of drug-likeness (QED) is 0.506. The lowest BCUT2D eigenvalue weighted by atomic mass is 10.0. The number of esters is 1. The number of nitrogens with zero attached hydrogens (tertiary/aromatic N) is 3. The van der Waals surface area contributed by atoms with Crippen LogP contribution in [0.5, 0.6) is 5.75 Å². The Kier molecular flexibility index (Phi) is 7.04. The lowest BCUT2D eigenvalue weighted by molar-refractivity contribution is -0.139. The standard InChI is InChI=1S/C25H27N3O4S2/c1-5-27(6-2)17-11-10-16(18(29)14-17)13-20-23(30)28-22(19-9-8-12-33-19)21(24(31)32-7-3)15(4)26-25(28)34-20/h8-14,22,29H,5-7H2,1-4H3/b20-13-/t22-/m0/s1. The zero-order valence-corrected chi connectivity index (χ0v) is 21.2. The molecule has 0 aliphatic carbocycles. The molecule has 1 aliphatic rings. The predicted molar refractivity (Wildman–Crippen MR) is 136 cm³/mol. The van der Waals surface area contributed by atoms with Crippen LogP contribution in [-0.4, -0.2) is 35.3 Å². The first-order valence-corrected chi connectivity index (χ1v) is 12.9. The minimum atomic E-state index is -0.601. The third-order valence-corrected chi connectivity index (χ3v) is 7.67. The number of carbonyl (C=O) groups is 1. The molecule has 1 N–H and O–H groups in total. The molecule has 0 unspecified atom stereocenters. The Morgan fingerprint density at radius 2 is 2.03 bits per heavy atom. The van der Waals surface area contributed by atoms with Crippen LogP contribution >= 0.6 is 22.7 Å². The van der Waals surface area contributed by atoms with E-state index in [4.69, 9.17) is 4.74 Å². The van der Waals surface area contributed by atoms with Gasteiger partial charge in [0.1, 0.15) is 11.8 Å². The molecule has 7 nitrogen and oxygen atoms in total. The number of fused-ring (bicyclic) bond motifs is 1. The average Bonchev–Trinajstić information content (AvgIpc) is 3.44. The second-order valence-corrected chi connectivity index (χ2v) is 9.72. The number of thiazole rings is 1. The maximum Gasteiger partial charge on any atom is 0.338 e. The Labute approximate surface area is 205 Å². The predicted octanol–water partition coefficient (Wildman–Crippen LogP) is 3.41. The van der Waals surface area contributed by atoms with E-state index in [1.165, 1.54) is 22.7 Å². The highest BCUT2D eigenvalue weighted by Gasteiger charge is 2.33. The van der Waals surface area contributed by atoms with Gasteiger partial charge in [-0.1, -0.05) is 17.4 Å². The van der Waals surface area contributed by atoms with Crippen molar-refractivity contribution in [3.05, 3.63) is 77.1 Å². The molecule has 178 valence electrons. The van der Waals surface area contributed by atoms with E-state index in [9.17, 15) is 14.7 Å². The summed E-state index contributed by atoms with van der Waals surface area (Å²) in [4.78, 5) is 34.5. The highest BCUT2D eigenvalue weighted by atomic mass is 32.1. The summed E-state index contributed by atoms with van der Waals surface area (Å²) in [5, 5.41) is 12.6. The Morgan fingerprint density at radius 1 is 1.26 bits per heavy atom. The lowest BCUT2D eigenvalue weighted by Crippen LogP contribution is -2.39. The van der Waals surface area contributed by atoms with E-state index < -0.39 is 12.0 Å². The fraction of sp³-hybridized carbons (Fsp3) is 0.320. The molecule has 0 radical (unpaired) electrons. The van der Waals surface area contributed by atoms with Crippen molar-refractivity contribution >= 4 is 40.4 Å². The van der Waals surface area contributed by atoms with Crippen molar-refractivity contribution in [1.29, 1.82) is 0 Å². The van der Waals surface area contributed by atoms with Crippen molar-refractivity contribution in [3.63, 3.8) is 0 Å². The van der Waals surface area contributed by atoms with Crippen LogP contribution in [-0.2, 0) is 9.53 Å². The van der Waals surface area contributed by atoms with Crippen LogP contribution in [0.4, 0.5) is 5.69 Å². The number of rotatable bonds is 7. The normalized spacial score (nSPS) is 15.8. The third-order valence-electron chi connectivity index (χ3n) is 5.76. The summed E-state index contributed by atoms with van der Waals surface area (Å²) in [6, 6.07) is 8.66. The number of aromatic nitrogens is 1. The van der Waals surface area contributed by atoms with E-state index in [-0.39, 0.29) is 17.9 Å². The summed E-state index contributed by atoms with van der Waals surface area (Å²) in [5.41, 5.74) is 2.12. The summed E-state index contributed by atoms with van der Waals surface area (Å²) in [5.74, 6) is -0.366. The lowest BCUT2D eigenvalue weighted by Gasteiger charge is -2.23. The van der Waals surface area contributed by atoms with Gasteiger partial charge in [0, 0.05) is 35.3 Å². The van der Waals surface area contributed by atoms with Crippen LogP contribution in [0, 0.1) is 0 Å². The van der Waals surface area contributed by atoms with Gasteiger partial charge in [-0.05, 0) is 57.4 Å². The molecule has 3 heterocycles. The fourth-order valence-electron chi connectivity index (χ4n) is 4.09. The minimum Gasteiger partial charge on any atom is -0.507 e. The molecule has 1 aromatic carbocycles. The molecule has 0 saturated heterocycles. The average molecular weight is 498 g/mol. The van der Waals surface area contributed by atoms with E-state index in [1.807, 2.05) is 29.6 Å². The smallest absolute Gasteiger partial charge is 0.338 e. The molecule has 0 fully saturated rings. The van der Waals surface area contributed by atoms with Crippen molar-refractivity contribution in [2.24, 2.45) is 4.99 Å². The van der Waals surface area contributed by atoms with E-state index in [1.54, 1.807) is 30.6 Å². The van der Waals surface area contributed by atoms with Gasteiger partial charge in [-0.2, -0.15) is 0 Å². The molecule has 0 saturated carbocycles. The molecule has 0 amide bonds. The molecule has 3 aromatic rings. The first-order chi connectivity index (χ1) is 16.4. The largest absolute Gasteiger partial charge is 0.507 e. The van der Waals surface area contributed by atoms with Crippen molar-refractivity contribution in [2.75, 3.05) is 24.6 Å². The van der Waals surface area contributed by atoms with Gasteiger partial charge in [0.05, 0.1) is 22.4 Å². The van der Waals surface area contributed by atoms with Gasteiger partial charge in [0.25, 0.3) is 5.56 Å². The molecule has 0 bridgehead atoms. The monoisotopic (exact) mass is 497 g/mol. The Balaban J connectivity index is 1.86. The van der Waals surface area contributed by atoms with Gasteiger partial charge in [-0.25, -0.2) is 9.79 Å². The van der Waals surface area contributed by atoms with Crippen molar-refractivity contribution in [1.82, 2.24) is 4.57 Å². The summed E-state index contributed by atoms with van der Waals surface area (Å²) in [7, 11) is 0. The molecular formula is C25H27N3O4S2. The number of hydrogen-bond acceptors (Lipinski definition) is 8. The van der Waals surface area contributed by atoms with Gasteiger partial charge in [0.15, 0.2) is 4.80 Å². The SMILES string of the molecule is CCOC(=O)C1=C(C)N=c2s/c(=C\c3ccc(N(CC)CC)cc3O)c(=O)n2[C@H]1c1cccs1. The van der Waals surface area contributed by atoms with Crippen LogP contribution in [0.1, 0.15) is 44.2 Å². The molecular weight excluding hydrogens is 470 g/mol. The molecule has 34 heavy (non-hydrogen) atoms. The van der Waals surface area contributed by atoms with E-state index >= 15 is 0 Å². The van der Waals surface area contributed by atoms with Crippen molar-refractivity contribution < 1.29 is 14.6 Å². The molecule has 9 heteroatoms. The number of ether oxygens (including phenoxy) is 1. The minimum absolute atomic E-state index is 0.105. The fourth-order valence-corrected chi connectivity index (χ4v) is 5.95. The maximum atomic E-state index is 13.6. The number of aromatic hydroxyl groups is 1. The number of carbonyl (C=O) groups excluding carboxylic acids is 1.